The number of nitrogens with zero attached hydrogens (tertiary/aromatic N) is 5. The van der Waals surface area contributed by atoms with E-state index in [0.29, 0.717) is 23.3 Å². The Hall–Kier alpha value is -3.26. The highest BCUT2D eigenvalue weighted by atomic mass is 32.1. The Bertz CT molecular complexity index is 1130. The van der Waals surface area contributed by atoms with E-state index in [1.54, 1.807) is 0 Å². The first-order chi connectivity index (χ1) is 14.0. The van der Waals surface area contributed by atoms with Gasteiger partial charge in [-0.25, -0.2) is 4.68 Å². The topological polar surface area (TPSA) is 77.8 Å². The quantitative estimate of drug-likeness (QED) is 0.493. The van der Waals surface area contributed by atoms with Crippen molar-refractivity contribution in [1.29, 1.82) is 0 Å². The third kappa shape index (κ3) is 3.97. The van der Waals surface area contributed by atoms with Crippen molar-refractivity contribution in [2.45, 2.75) is 27.7 Å². The van der Waals surface area contributed by atoms with E-state index in [-0.39, 0.29) is 0 Å². The summed E-state index contributed by atoms with van der Waals surface area (Å²) in [6.07, 6.45) is 0. The predicted molar refractivity (Wildman–Crippen MR) is 115 cm³/mol. The lowest BCUT2D eigenvalue weighted by atomic mass is 10.1. The van der Waals surface area contributed by atoms with Crippen LogP contribution < -0.4 is 10.1 Å². The number of hydrogen-bond acceptors (Lipinski definition) is 7. The zero-order chi connectivity index (χ0) is 20.4. The molecule has 0 amide bonds. The first-order valence-corrected chi connectivity index (χ1v) is 10.2. The Morgan fingerprint density at radius 1 is 1.03 bits per heavy atom. The normalized spacial score (nSPS) is 10.9. The van der Waals surface area contributed by atoms with Crippen molar-refractivity contribution in [2.75, 3.05) is 11.9 Å². The average molecular weight is 407 g/mol. The lowest BCUT2D eigenvalue weighted by Gasteiger charge is -2.06. The van der Waals surface area contributed by atoms with Crippen LogP contribution >= 0.6 is 11.5 Å². The Kier molecular flexibility index (Phi) is 5.26. The third-order valence-electron chi connectivity index (χ3n) is 4.68. The van der Waals surface area contributed by atoms with Crippen LogP contribution in [0, 0.1) is 20.8 Å². The summed E-state index contributed by atoms with van der Waals surface area (Å²) in [6.45, 7) is 8.77. The van der Waals surface area contributed by atoms with Gasteiger partial charge in [0, 0.05) is 17.2 Å². The van der Waals surface area contributed by atoms with Crippen molar-refractivity contribution < 1.29 is 4.74 Å². The van der Waals surface area contributed by atoms with Gasteiger partial charge in [-0.3, -0.25) is 0 Å². The molecule has 0 unspecified atom stereocenters. The predicted octanol–water partition coefficient (Wildman–Crippen LogP) is 4.85. The van der Waals surface area contributed by atoms with E-state index < -0.39 is 0 Å². The molecule has 0 aliphatic heterocycles. The molecule has 2 aromatic carbocycles. The van der Waals surface area contributed by atoms with Gasteiger partial charge in [0.15, 0.2) is 11.5 Å². The maximum Gasteiger partial charge on any atom is 0.207 e. The molecule has 0 saturated heterocycles. The fourth-order valence-corrected chi connectivity index (χ4v) is 3.52. The van der Waals surface area contributed by atoms with Gasteiger partial charge < -0.3 is 10.1 Å². The highest BCUT2D eigenvalue weighted by molar-refractivity contribution is 7.09. The summed E-state index contributed by atoms with van der Waals surface area (Å²) in [5.74, 6) is 1.41. The molecule has 0 aliphatic rings. The van der Waals surface area contributed by atoms with E-state index >= 15 is 0 Å². The van der Waals surface area contributed by atoms with Gasteiger partial charge in [-0.1, -0.05) is 11.3 Å². The monoisotopic (exact) mass is 406 g/mol. The summed E-state index contributed by atoms with van der Waals surface area (Å²) in [7, 11) is 0. The van der Waals surface area contributed by atoms with Gasteiger partial charge >= 0.3 is 0 Å². The highest BCUT2D eigenvalue weighted by Gasteiger charge is 2.17. The maximum absolute atomic E-state index is 5.47. The van der Waals surface area contributed by atoms with Crippen LogP contribution in [0.5, 0.6) is 5.75 Å². The van der Waals surface area contributed by atoms with E-state index in [1.165, 1.54) is 22.7 Å². The molecule has 2 heterocycles. The molecule has 4 aromatic rings. The second kappa shape index (κ2) is 8.00. The first kappa shape index (κ1) is 19.1. The van der Waals surface area contributed by atoms with Crippen molar-refractivity contribution >= 4 is 22.4 Å². The lowest BCUT2D eigenvalue weighted by molar-refractivity contribution is 0.340. The summed E-state index contributed by atoms with van der Waals surface area (Å²) >= 11 is 1.29. The van der Waals surface area contributed by atoms with Crippen LogP contribution in [0.3, 0.4) is 0 Å². The summed E-state index contributed by atoms with van der Waals surface area (Å²) in [4.78, 5) is 4.58. The SMILES string of the molecule is CCOc1ccc(Nc2nc(-c3nnn(-c4ccc(C)c(C)c4)c3C)ns2)cc1. The Morgan fingerprint density at radius 2 is 1.83 bits per heavy atom. The van der Waals surface area contributed by atoms with E-state index in [9.17, 15) is 0 Å². The third-order valence-corrected chi connectivity index (χ3v) is 5.31. The molecule has 4 rings (SSSR count). The lowest BCUT2D eigenvalue weighted by Crippen LogP contribution is -2.00. The molecule has 0 radical (unpaired) electrons. The van der Waals surface area contributed by atoms with Gasteiger partial charge in [-0.2, -0.15) is 9.36 Å². The van der Waals surface area contributed by atoms with Crippen molar-refractivity contribution in [1.82, 2.24) is 24.4 Å². The molecule has 1 N–H and O–H groups in total. The number of anilines is 2. The molecule has 2 aromatic heterocycles. The van der Waals surface area contributed by atoms with Crippen LogP contribution in [-0.4, -0.2) is 31.0 Å². The van der Waals surface area contributed by atoms with Gasteiger partial charge in [-0.15, -0.1) is 5.10 Å². The van der Waals surface area contributed by atoms with Crippen molar-refractivity contribution in [2.24, 2.45) is 0 Å². The Balaban J connectivity index is 1.55. The second-order valence-corrected chi connectivity index (χ2v) is 7.46. The minimum absolute atomic E-state index is 0.566. The molecule has 0 aliphatic carbocycles. The van der Waals surface area contributed by atoms with E-state index in [2.05, 4.69) is 51.0 Å². The molecule has 0 atom stereocenters. The fourth-order valence-electron chi connectivity index (χ4n) is 2.93. The van der Waals surface area contributed by atoms with Crippen LogP contribution in [0.15, 0.2) is 42.5 Å². The first-order valence-electron chi connectivity index (χ1n) is 9.39. The van der Waals surface area contributed by atoms with E-state index in [1.807, 2.05) is 48.9 Å². The van der Waals surface area contributed by atoms with Crippen LogP contribution in [0.1, 0.15) is 23.7 Å². The van der Waals surface area contributed by atoms with Crippen LogP contribution in [0.4, 0.5) is 10.8 Å². The van der Waals surface area contributed by atoms with Crippen LogP contribution in [0.2, 0.25) is 0 Å². The zero-order valence-electron chi connectivity index (χ0n) is 16.8. The van der Waals surface area contributed by atoms with Crippen molar-refractivity contribution in [3.8, 4) is 23.0 Å². The second-order valence-electron chi connectivity index (χ2n) is 6.71. The van der Waals surface area contributed by atoms with Gasteiger partial charge in [0.25, 0.3) is 0 Å². The summed E-state index contributed by atoms with van der Waals surface area (Å²) in [6, 6.07) is 14.0. The van der Waals surface area contributed by atoms with Gasteiger partial charge in [-0.05, 0) is 75.2 Å². The molecular formula is C21H22N6OS. The highest BCUT2D eigenvalue weighted by Crippen LogP contribution is 2.26. The molecule has 0 bridgehead atoms. The maximum atomic E-state index is 5.47. The van der Waals surface area contributed by atoms with E-state index in [0.717, 1.165) is 22.8 Å². The van der Waals surface area contributed by atoms with E-state index in [4.69, 9.17) is 4.74 Å². The number of ether oxygens (including phenoxy) is 1. The molecule has 0 saturated carbocycles. The van der Waals surface area contributed by atoms with Crippen molar-refractivity contribution in [3.63, 3.8) is 0 Å². The van der Waals surface area contributed by atoms with Gasteiger partial charge in [0.2, 0.25) is 5.13 Å². The number of rotatable bonds is 6. The van der Waals surface area contributed by atoms with Crippen molar-refractivity contribution in [3.05, 3.63) is 59.3 Å². The summed E-state index contributed by atoms with van der Waals surface area (Å²) < 4.78 is 11.7. The molecule has 29 heavy (non-hydrogen) atoms. The van der Waals surface area contributed by atoms with Gasteiger partial charge in [0.05, 0.1) is 18.0 Å². The molecular weight excluding hydrogens is 384 g/mol. The molecule has 0 spiro atoms. The molecule has 7 nitrogen and oxygen atoms in total. The number of hydrogen-bond donors (Lipinski definition) is 1. The average Bonchev–Trinajstić information content (AvgIpc) is 3.32. The Labute approximate surface area is 173 Å². The molecule has 0 fully saturated rings. The largest absolute Gasteiger partial charge is 0.494 e. The standard InChI is InChI=1S/C21H22N6OS/c1-5-28-18-10-7-16(8-11-18)22-21-23-20(25-29-21)19-15(4)27(26-24-19)17-9-6-13(2)14(3)12-17/h6-12H,5H2,1-4H3,(H,22,23,25). The van der Waals surface area contributed by atoms with Gasteiger partial charge in [0.1, 0.15) is 5.75 Å². The number of aromatic nitrogens is 5. The zero-order valence-corrected chi connectivity index (χ0v) is 17.6. The minimum Gasteiger partial charge on any atom is -0.494 e. The molecule has 8 heteroatoms. The Morgan fingerprint density at radius 3 is 2.55 bits per heavy atom. The summed E-state index contributed by atoms with van der Waals surface area (Å²) in [5.41, 5.74) is 5.95. The number of benzene rings is 2. The minimum atomic E-state index is 0.566. The fraction of sp³-hybridized carbons (Fsp3) is 0.238. The number of nitrogens with one attached hydrogen (secondary N) is 1. The smallest absolute Gasteiger partial charge is 0.207 e. The summed E-state index contributed by atoms with van der Waals surface area (Å²) in [5, 5.41) is 12.6. The van der Waals surface area contributed by atoms with Crippen LogP contribution in [-0.2, 0) is 0 Å². The number of aryl methyl sites for hydroxylation is 2. The molecule has 148 valence electrons. The van der Waals surface area contributed by atoms with Crippen LogP contribution in [0.25, 0.3) is 17.2 Å².